The van der Waals surface area contributed by atoms with Crippen molar-refractivity contribution in [2.45, 2.75) is 33.1 Å². The summed E-state index contributed by atoms with van der Waals surface area (Å²) in [6.07, 6.45) is 3.30. The molecule has 3 nitrogen and oxygen atoms in total. The van der Waals surface area contributed by atoms with Gasteiger partial charge in [-0.1, -0.05) is 31.9 Å². The molecule has 3 heteroatoms. The summed E-state index contributed by atoms with van der Waals surface area (Å²) in [5, 5.41) is 0. The van der Waals surface area contributed by atoms with E-state index < -0.39 is 0 Å². The molecule has 0 spiro atoms. The van der Waals surface area contributed by atoms with Crippen molar-refractivity contribution in [1.29, 1.82) is 0 Å². The number of carbonyl (C=O) groups excluding carboxylic acids is 1. The quantitative estimate of drug-likeness (QED) is 0.537. The molecule has 0 aliphatic rings. The number of unbranched alkanes of at least 4 members (excludes halogenated alkanes) is 2. The van der Waals surface area contributed by atoms with Gasteiger partial charge in [-0.05, 0) is 25.5 Å². The van der Waals surface area contributed by atoms with Gasteiger partial charge in [0.1, 0.15) is 11.3 Å². The van der Waals surface area contributed by atoms with E-state index >= 15 is 0 Å². The highest BCUT2D eigenvalue weighted by Gasteiger charge is 2.12. The average molecular weight is 236 g/mol. The van der Waals surface area contributed by atoms with Gasteiger partial charge >= 0.3 is 5.97 Å². The van der Waals surface area contributed by atoms with Crippen molar-refractivity contribution in [2.75, 3.05) is 13.2 Å². The number of carbonyl (C=O) groups is 1. The minimum atomic E-state index is -0.321. The van der Waals surface area contributed by atoms with Crippen LogP contribution >= 0.6 is 0 Å². The summed E-state index contributed by atoms with van der Waals surface area (Å²) in [5.74, 6) is 0.292. The first kappa shape index (κ1) is 13.6. The summed E-state index contributed by atoms with van der Waals surface area (Å²) < 4.78 is 10.6. The lowest BCUT2D eigenvalue weighted by atomic mass is 10.2. The maximum absolute atomic E-state index is 11.7. The Balaban J connectivity index is 2.61. The van der Waals surface area contributed by atoms with E-state index in [2.05, 4.69) is 6.92 Å². The predicted molar refractivity (Wildman–Crippen MR) is 67.4 cm³/mol. The second-order valence-electron chi connectivity index (χ2n) is 3.77. The van der Waals surface area contributed by atoms with Crippen molar-refractivity contribution in [1.82, 2.24) is 0 Å². The Labute approximate surface area is 103 Å². The maximum Gasteiger partial charge on any atom is 0.341 e. The van der Waals surface area contributed by atoms with E-state index in [0.29, 0.717) is 24.5 Å². The first-order valence-electron chi connectivity index (χ1n) is 6.18. The third kappa shape index (κ3) is 4.47. The zero-order valence-electron chi connectivity index (χ0n) is 10.6. The Morgan fingerprint density at radius 3 is 2.65 bits per heavy atom. The average Bonchev–Trinajstić information content (AvgIpc) is 2.35. The lowest BCUT2D eigenvalue weighted by Crippen LogP contribution is -2.08. The van der Waals surface area contributed by atoms with E-state index in [4.69, 9.17) is 9.47 Å². The third-order valence-electron chi connectivity index (χ3n) is 2.39. The fourth-order valence-electron chi connectivity index (χ4n) is 1.50. The van der Waals surface area contributed by atoms with Crippen molar-refractivity contribution in [3.05, 3.63) is 29.8 Å². The van der Waals surface area contributed by atoms with Gasteiger partial charge in [0.2, 0.25) is 0 Å². The predicted octanol–water partition coefficient (Wildman–Crippen LogP) is 3.43. The highest BCUT2D eigenvalue weighted by molar-refractivity contribution is 5.92. The van der Waals surface area contributed by atoms with Crippen LogP contribution in [0.15, 0.2) is 24.3 Å². The molecule has 0 saturated carbocycles. The Bertz CT molecular complexity index is 347. The molecule has 1 aromatic rings. The molecule has 0 bridgehead atoms. The number of esters is 1. The van der Waals surface area contributed by atoms with Crippen LogP contribution < -0.4 is 4.74 Å². The largest absolute Gasteiger partial charge is 0.493 e. The first-order chi connectivity index (χ1) is 8.29. The second kappa shape index (κ2) is 7.71. The molecule has 94 valence electrons. The molecule has 0 aliphatic heterocycles. The summed E-state index contributed by atoms with van der Waals surface area (Å²) in [7, 11) is 0. The van der Waals surface area contributed by atoms with Gasteiger partial charge in [0.25, 0.3) is 0 Å². The molecule has 0 fully saturated rings. The molecular formula is C14H20O3. The molecule has 0 saturated heterocycles. The Morgan fingerprint density at radius 2 is 1.94 bits per heavy atom. The fourth-order valence-corrected chi connectivity index (χ4v) is 1.50. The monoisotopic (exact) mass is 236 g/mol. The molecule has 0 aliphatic carbocycles. The minimum absolute atomic E-state index is 0.321. The summed E-state index contributed by atoms with van der Waals surface area (Å²) >= 11 is 0. The summed E-state index contributed by atoms with van der Waals surface area (Å²) in [5.41, 5.74) is 0.505. The fraction of sp³-hybridized carbons (Fsp3) is 0.500. The SMILES string of the molecule is CCCCCOc1ccccc1C(=O)OCC. The smallest absolute Gasteiger partial charge is 0.341 e. The van der Waals surface area contributed by atoms with Gasteiger partial charge in [-0.2, -0.15) is 0 Å². The topological polar surface area (TPSA) is 35.5 Å². The second-order valence-corrected chi connectivity index (χ2v) is 3.77. The highest BCUT2D eigenvalue weighted by atomic mass is 16.5. The maximum atomic E-state index is 11.7. The van der Waals surface area contributed by atoms with Gasteiger partial charge in [0.15, 0.2) is 0 Å². The molecule has 1 aromatic carbocycles. The van der Waals surface area contributed by atoms with Crippen molar-refractivity contribution < 1.29 is 14.3 Å². The number of ether oxygens (including phenoxy) is 2. The van der Waals surface area contributed by atoms with Crippen LogP contribution in [0.25, 0.3) is 0 Å². The van der Waals surface area contributed by atoms with Gasteiger partial charge in [-0.15, -0.1) is 0 Å². The Morgan fingerprint density at radius 1 is 1.18 bits per heavy atom. The summed E-state index contributed by atoms with van der Waals surface area (Å²) in [6.45, 7) is 4.96. The van der Waals surface area contributed by atoms with E-state index in [-0.39, 0.29) is 5.97 Å². The van der Waals surface area contributed by atoms with E-state index in [9.17, 15) is 4.79 Å². The van der Waals surface area contributed by atoms with Crippen LogP contribution in [0.4, 0.5) is 0 Å². The number of hydrogen-bond donors (Lipinski definition) is 0. The lowest BCUT2D eigenvalue weighted by molar-refractivity contribution is 0.0521. The van der Waals surface area contributed by atoms with Crippen LogP contribution in [-0.4, -0.2) is 19.2 Å². The van der Waals surface area contributed by atoms with Gasteiger partial charge < -0.3 is 9.47 Å². The molecule has 0 amide bonds. The normalized spacial score (nSPS) is 10.0. The van der Waals surface area contributed by atoms with E-state index in [0.717, 1.165) is 19.3 Å². The van der Waals surface area contributed by atoms with Crippen molar-refractivity contribution >= 4 is 5.97 Å². The standard InChI is InChI=1S/C14H20O3/c1-3-5-8-11-17-13-10-7-6-9-12(13)14(15)16-4-2/h6-7,9-10H,3-5,8,11H2,1-2H3. The summed E-state index contributed by atoms with van der Waals surface area (Å²) in [4.78, 5) is 11.7. The highest BCUT2D eigenvalue weighted by Crippen LogP contribution is 2.19. The third-order valence-corrected chi connectivity index (χ3v) is 2.39. The molecule has 0 radical (unpaired) electrons. The first-order valence-corrected chi connectivity index (χ1v) is 6.18. The zero-order chi connectivity index (χ0) is 12.5. The van der Waals surface area contributed by atoms with E-state index in [1.807, 2.05) is 12.1 Å². The number of para-hydroxylation sites is 1. The molecule has 0 N–H and O–H groups in total. The number of hydrogen-bond acceptors (Lipinski definition) is 3. The Hall–Kier alpha value is -1.51. The van der Waals surface area contributed by atoms with Crippen LogP contribution in [0.5, 0.6) is 5.75 Å². The zero-order valence-corrected chi connectivity index (χ0v) is 10.6. The van der Waals surface area contributed by atoms with Gasteiger partial charge in [0, 0.05) is 0 Å². The molecule has 17 heavy (non-hydrogen) atoms. The molecule has 0 unspecified atom stereocenters. The molecule has 0 aromatic heterocycles. The lowest BCUT2D eigenvalue weighted by Gasteiger charge is -2.10. The van der Waals surface area contributed by atoms with E-state index in [1.54, 1.807) is 19.1 Å². The van der Waals surface area contributed by atoms with Gasteiger partial charge in [0.05, 0.1) is 13.2 Å². The molecule has 0 atom stereocenters. The van der Waals surface area contributed by atoms with Crippen LogP contribution in [0.3, 0.4) is 0 Å². The van der Waals surface area contributed by atoms with Crippen LogP contribution in [-0.2, 0) is 4.74 Å². The van der Waals surface area contributed by atoms with Crippen molar-refractivity contribution in [3.8, 4) is 5.75 Å². The van der Waals surface area contributed by atoms with Crippen molar-refractivity contribution in [3.63, 3.8) is 0 Å². The summed E-state index contributed by atoms with van der Waals surface area (Å²) in [6, 6.07) is 7.20. The minimum Gasteiger partial charge on any atom is -0.493 e. The Kier molecular flexibility index (Phi) is 6.15. The van der Waals surface area contributed by atoms with Crippen LogP contribution in [0, 0.1) is 0 Å². The van der Waals surface area contributed by atoms with Gasteiger partial charge in [-0.3, -0.25) is 0 Å². The van der Waals surface area contributed by atoms with Gasteiger partial charge in [-0.25, -0.2) is 4.79 Å². The van der Waals surface area contributed by atoms with E-state index in [1.165, 1.54) is 0 Å². The molecule has 0 heterocycles. The molecule has 1 rings (SSSR count). The number of rotatable bonds is 7. The number of benzene rings is 1. The molecular weight excluding hydrogens is 216 g/mol. The van der Waals surface area contributed by atoms with Crippen LogP contribution in [0.1, 0.15) is 43.5 Å². The van der Waals surface area contributed by atoms with Crippen molar-refractivity contribution in [2.24, 2.45) is 0 Å². The van der Waals surface area contributed by atoms with Crippen LogP contribution in [0.2, 0.25) is 0 Å².